The number of anilines is 1. The first-order valence-electron chi connectivity index (χ1n) is 7.92. The van der Waals surface area contributed by atoms with E-state index in [-0.39, 0.29) is 41.2 Å². The van der Waals surface area contributed by atoms with Gasteiger partial charge in [0.25, 0.3) is 0 Å². The lowest BCUT2D eigenvalue weighted by molar-refractivity contribution is -0.127. The highest BCUT2D eigenvalue weighted by atomic mass is 16.5. The maximum Gasteiger partial charge on any atom is 0.170 e. The molecule has 2 rings (SSSR count). The van der Waals surface area contributed by atoms with Crippen molar-refractivity contribution in [3.63, 3.8) is 0 Å². The van der Waals surface area contributed by atoms with E-state index in [1.165, 1.54) is 19.4 Å². The van der Waals surface area contributed by atoms with Gasteiger partial charge < -0.3 is 19.9 Å². The number of methoxy groups -OCH3 is 2. The number of aliphatic hydroxyl groups is 1. The average Bonchev–Trinajstić information content (AvgIpc) is 2.52. The summed E-state index contributed by atoms with van der Waals surface area (Å²) in [6, 6.07) is 5.23. The van der Waals surface area contributed by atoms with E-state index in [1.54, 1.807) is 25.3 Å². The van der Waals surface area contributed by atoms with Gasteiger partial charge in [0.1, 0.15) is 22.8 Å². The minimum absolute atomic E-state index is 0.130. The highest BCUT2D eigenvalue weighted by Gasteiger charge is 2.37. The third kappa shape index (κ3) is 4.41. The Kier molecular flexibility index (Phi) is 5.51. The number of carbonyl (C=O) groups is 2. The molecule has 1 saturated carbocycles. The van der Waals surface area contributed by atoms with Gasteiger partial charge in [-0.3, -0.25) is 9.59 Å². The minimum atomic E-state index is -0.367. The van der Waals surface area contributed by atoms with Crippen LogP contribution in [-0.2, 0) is 9.59 Å². The number of hydrogen-bond donors (Lipinski definition) is 2. The first-order valence-corrected chi connectivity index (χ1v) is 7.92. The van der Waals surface area contributed by atoms with Crippen LogP contribution in [0.4, 0.5) is 5.69 Å². The predicted molar refractivity (Wildman–Crippen MR) is 95.0 cm³/mol. The van der Waals surface area contributed by atoms with Crippen molar-refractivity contribution in [1.29, 1.82) is 0 Å². The third-order valence-electron chi connectivity index (χ3n) is 3.98. The van der Waals surface area contributed by atoms with Gasteiger partial charge in [0.05, 0.1) is 19.9 Å². The fraction of sp³-hybridized carbons (Fsp3) is 0.368. The molecular weight excluding hydrogens is 322 g/mol. The van der Waals surface area contributed by atoms with Crippen LogP contribution in [0, 0.1) is 5.41 Å². The summed E-state index contributed by atoms with van der Waals surface area (Å²) in [6.45, 7) is 3.73. The zero-order chi connectivity index (χ0) is 18.6. The smallest absolute Gasteiger partial charge is 0.170 e. The SMILES string of the molecule is COc1ccc(OC)c(N/C=C\C(O)=C2C(=O)CC(C)(C)CC2=O)c1. The van der Waals surface area contributed by atoms with E-state index in [9.17, 15) is 14.7 Å². The molecule has 0 saturated heterocycles. The standard InChI is InChI=1S/C19H23NO5/c1-19(2)10-15(22)18(16(23)11-19)14(21)7-8-20-13-9-12(24-3)5-6-17(13)25-4/h5-9,20-21H,10-11H2,1-4H3/b8-7-. The Balaban J connectivity index is 2.19. The highest BCUT2D eigenvalue weighted by molar-refractivity contribution is 6.22. The van der Waals surface area contributed by atoms with E-state index in [0.29, 0.717) is 17.2 Å². The molecule has 1 aromatic carbocycles. The van der Waals surface area contributed by atoms with Crippen molar-refractivity contribution < 1.29 is 24.2 Å². The Bertz CT molecular complexity index is 724. The van der Waals surface area contributed by atoms with Crippen LogP contribution in [0.5, 0.6) is 11.5 Å². The van der Waals surface area contributed by atoms with Crippen molar-refractivity contribution in [2.75, 3.05) is 19.5 Å². The summed E-state index contributed by atoms with van der Waals surface area (Å²) < 4.78 is 10.4. The molecule has 1 aliphatic carbocycles. The molecule has 1 aliphatic rings. The van der Waals surface area contributed by atoms with Gasteiger partial charge in [-0.2, -0.15) is 0 Å². The van der Waals surface area contributed by atoms with Gasteiger partial charge in [0, 0.05) is 25.1 Å². The van der Waals surface area contributed by atoms with E-state index in [1.807, 2.05) is 13.8 Å². The second-order valence-corrected chi connectivity index (χ2v) is 6.67. The Morgan fingerprint density at radius 3 is 2.36 bits per heavy atom. The molecule has 0 unspecified atom stereocenters. The van der Waals surface area contributed by atoms with Crippen LogP contribution in [-0.4, -0.2) is 30.9 Å². The minimum Gasteiger partial charge on any atom is -0.507 e. The summed E-state index contributed by atoms with van der Waals surface area (Å²) in [6.07, 6.45) is 3.22. The summed E-state index contributed by atoms with van der Waals surface area (Å²) in [7, 11) is 3.09. The molecule has 0 heterocycles. The Morgan fingerprint density at radius 2 is 1.80 bits per heavy atom. The molecule has 25 heavy (non-hydrogen) atoms. The quantitative estimate of drug-likeness (QED) is 0.483. The fourth-order valence-corrected chi connectivity index (χ4v) is 2.77. The van der Waals surface area contributed by atoms with Crippen LogP contribution in [0.3, 0.4) is 0 Å². The monoisotopic (exact) mass is 345 g/mol. The Hall–Kier alpha value is -2.76. The topological polar surface area (TPSA) is 84.9 Å². The number of carbonyl (C=O) groups excluding carboxylic acids is 2. The number of hydrogen-bond acceptors (Lipinski definition) is 6. The van der Waals surface area contributed by atoms with Crippen LogP contribution in [0.2, 0.25) is 0 Å². The first kappa shape index (κ1) is 18.6. The molecule has 1 fully saturated rings. The molecule has 6 nitrogen and oxygen atoms in total. The zero-order valence-corrected chi connectivity index (χ0v) is 14.9. The lowest BCUT2D eigenvalue weighted by Gasteiger charge is -2.28. The molecule has 134 valence electrons. The van der Waals surface area contributed by atoms with Gasteiger partial charge >= 0.3 is 0 Å². The van der Waals surface area contributed by atoms with Crippen molar-refractivity contribution >= 4 is 17.3 Å². The number of ketones is 2. The fourth-order valence-electron chi connectivity index (χ4n) is 2.77. The van der Waals surface area contributed by atoms with Crippen LogP contribution in [0.1, 0.15) is 26.7 Å². The van der Waals surface area contributed by atoms with Crippen molar-refractivity contribution in [3.05, 3.63) is 41.8 Å². The molecule has 6 heteroatoms. The lowest BCUT2D eigenvalue weighted by Crippen LogP contribution is -2.32. The molecule has 0 atom stereocenters. The second kappa shape index (κ2) is 7.42. The number of allylic oxidation sites excluding steroid dienone is 2. The number of aliphatic hydroxyl groups excluding tert-OH is 1. The van der Waals surface area contributed by atoms with E-state index in [4.69, 9.17) is 9.47 Å². The molecule has 0 radical (unpaired) electrons. The van der Waals surface area contributed by atoms with Crippen molar-refractivity contribution in [2.24, 2.45) is 5.41 Å². The van der Waals surface area contributed by atoms with Gasteiger partial charge in [0.15, 0.2) is 11.6 Å². The summed E-state index contributed by atoms with van der Waals surface area (Å²) in [5.41, 5.74) is 0.127. The van der Waals surface area contributed by atoms with Crippen LogP contribution in [0.25, 0.3) is 0 Å². The molecule has 2 N–H and O–H groups in total. The zero-order valence-electron chi connectivity index (χ0n) is 14.9. The van der Waals surface area contributed by atoms with Gasteiger partial charge in [-0.05, 0) is 23.6 Å². The van der Waals surface area contributed by atoms with E-state index in [2.05, 4.69) is 5.32 Å². The number of Topliss-reactive ketones (excluding diaryl/α,β-unsaturated/α-hetero) is 2. The summed E-state index contributed by atoms with van der Waals surface area (Å²) in [4.78, 5) is 24.3. The lowest BCUT2D eigenvalue weighted by atomic mass is 9.74. The van der Waals surface area contributed by atoms with Crippen LogP contribution >= 0.6 is 0 Å². The summed E-state index contributed by atoms with van der Waals surface area (Å²) in [5, 5.41) is 13.1. The molecule has 0 spiro atoms. The van der Waals surface area contributed by atoms with Crippen LogP contribution in [0.15, 0.2) is 41.8 Å². The maximum absolute atomic E-state index is 12.1. The van der Waals surface area contributed by atoms with Crippen molar-refractivity contribution in [3.8, 4) is 11.5 Å². The number of rotatable bonds is 5. The molecule has 1 aromatic rings. The van der Waals surface area contributed by atoms with Crippen molar-refractivity contribution in [1.82, 2.24) is 0 Å². The summed E-state index contributed by atoms with van der Waals surface area (Å²) in [5.74, 6) is 0.230. The highest BCUT2D eigenvalue weighted by Crippen LogP contribution is 2.34. The molecule has 0 aromatic heterocycles. The average molecular weight is 345 g/mol. The van der Waals surface area contributed by atoms with E-state index in [0.717, 1.165) is 0 Å². The van der Waals surface area contributed by atoms with Gasteiger partial charge in [-0.15, -0.1) is 0 Å². The number of ether oxygens (including phenoxy) is 2. The first-order chi connectivity index (χ1) is 11.8. The third-order valence-corrected chi connectivity index (χ3v) is 3.98. The van der Waals surface area contributed by atoms with Crippen LogP contribution < -0.4 is 14.8 Å². The van der Waals surface area contributed by atoms with E-state index < -0.39 is 0 Å². The Morgan fingerprint density at radius 1 is 1.16 bits per heavy atom. The van der Waals surface area contributed by atoms with E-state index >= 15 is 0 Å². The molecule has 0 amide bonds. The number of nitrogens with one attached hydrogen (secondary N) is 1. The van der Waals surface area contributed by atoms with Gasteiger partial charge in [-0.1, -0.05) is 13.8 Å². The molecule has 0 bridgehead atoms. The van der Waals surface area contributed by atoms with Crippen molar-refractivity contribution in [2.45, 2.75) is 26.7 Å². The predicted octanol–water partition coefficient (Wildman–Crippen LogP) is 3.40. The summed E-state index contributed by atoms with van der Waals surface area (Å²) >= 11 is 0. The molecular formula is C19H23NO5. The van der Waals surface area contributed by atoms with Gasteiger partial charge in [0.2, 0.25) is 0 Å². The largest absolute Gasteiger partial charge is 0.507 e. The number of benzene rings is 1. The molecule has 0 aliphatic heterocycles. The normalized spacial score (nSPS) is 16.9. The maximum atomic E-state index is 12.1. The van der Waals surface area contributed by atoms with Gasteiger partial charge in [-0.25, -0.2) is 0 Å². The Labute approximate surface area is 147 Å². The second-order valence-electron chi connectivity index (χ2n) is 6.67.